The third-order valence-electron chi connectivity index (χ3n) is 6.61. The van der Waals surface area contributed by atoms with E-state index in [-0.39, 0.29) is 6.03 Å². The van der Waals surface area contributed by atoms with Gasteiger partial charge in [0.15, 0.2) is 5.75 Å². The number of hydrogen-bond acceptors (Lipinski definition) is 3. The molecule has 2 amide bonds. The van der Waals surface area contributed by atoms with E-state index in [9.17, 15) is 4.79 Å². The number of likely N-dealkylation sites (tertiary alicyclic amines) is 2. The zero-order valence-electron chi connectivity index (χ0n) is 17.2. The summed E-state index contributed by atoms with van der Waals surface area (Å²) < 4.78 is 6.14. The molecule has 0 bridgehead atoms. The predicted octanol–water partition coefficient (Wildman–Crippen LogP) is 5.52. The highest BCUT2D eigenvalue weighted by molar-refractivity contribution is 6.31. The van der Waals surface area contributed by atoms with Crippen LogP contribution in [0.25, 0.3) is 0 Å². The summed E-state index contributed by atoms with van der Waals surface area (Å²) in [6, 6.07) is 14.1. The number of halogens is 1. The number of para-hydroxylation sites is 1. The molecule has 3 aliphatic heterocycles. The van der Waals surface area contributed by atoms with E-state index < -0.39 is 0 Å². The highest BCUT2D eigenvalue weighted by Crippen LogP contribution is 2.41. The summed E-state index contributed by atoms with van der Waals surface area (Å²) >= 11 is 6.29. The quantitative estimate of drug-likeness (QED) is 0.603. The summed E-state index contributed by atoms with van der Waals surface area (Å²) in [5, 5.41) is 0.602. The topological polar surface area (TPSA) is 36.0 Å². The van der Waals surface area contributed by atoms with Gasteiger partial charge >= 0.3 is 6.03 Å². The van der Waals surface area contributed by atoms with Crippen LogP contribution >= 0.6 is 11.6 Å². The Morgan fingerprint density at radius 1 is 0.933 bits per heavy atom. The highest BCUT2D eigenvalue weighted by atomic mass is 35.5. The second-order valence-corrected chi connectivity index (χ2v) is 8.94. The molecule has 0 spiro atoms. The van der Waals surface area contributed by atoms with Gasteiger partial charge in [0.2, 0.25) is 0 Å². The molecule has 158 valence electrons. The van der Waals surface area contributed by atoms with Crippen LogP contribution in [-0.4, -0.2) is 48.1 Å². The number of hydrogen-bond donors (Lipinski definition) is 0. The van der Waals surface area contributed by atoms with E-state index in [4.69, 9.17) is 16.3 Å². The Hall–Kier alpha value is -2.24. The minimum atomic E-state index is 0.0379. The molecule has 0 unspecified atom stereocenters. The van der Waals surface area contributed by atoms with E-state index in [1.807, 2.05) is 46.2 Å². The van der Waals surface area contributed by atoms with Crippen molar-refractivity contribution in [3.8, 4) is 11.5 Å². The van der Waals surface area contributed by atoms with Gasteiger partial charge in [-0.05, 0) is 63.0 Å². The molecule has 0 radical (unpaired) electrons. The second-order valence-electron chi connectivity index (χ2n) is 8.51. The van der Waals surface area contributed by atoms with Crippen molar-refractivity contribution in [3.05, 3.63) is 53.1 Å². The number of fused-ring (bicyclic) bond motifs is 2. The molecule has 5 rings (SSSR count). The Morgan fingerprint density at radius 3 is 2.50 bits per heavy atom. The van der Waals surface area contributed by atoms with E-state index in [1.54, 1.807) is 6.07 Å². The van der Waals surface area contributed by atoms with Crippen LogP contribution in [0, 0.1) is 0 Å². The number of amides is 2. The third-order valence-corrected chi connectivity index (χ3v) is 6.84. The molecule has 0 N–H and O–H groups in total. The molecule has 2 saturated heterocycles. The minimum Gasteiger partial charge on any atom is -0.455 e. The van der Waals surface area contributed by atoms with E-state index in [0.717, 1.165) is 42.9 Å². The largest absolute Gasteiger partial charge is 0.455 e. The Balaban J connectivity index is 1.36. The first kappa shape index (κ1) is 19.7. The highest BCUT2D eigenvalue weighted by Gasteiger charge is 2.32. The maximum atomic E-state index is 13.6. The molecule has 2 aromatic carbocycles. The molecule has 3 aliphatic rings. The fourth-order valence-corrected chi connectivity index (χ4v) is 5.11. The van der Waals surface area contributed by atoms with Crippen LogP contribution in [0.15, 0.2) is 42.5 Å². The van der Waals surface area contributed by atoms with Crippen molar-refractivity contribution in [1.82, 2.24) is 9.80 Å². The van der Waals surface area contributed by atoms with Gasteiger partial charge in [0.25, 0.3) is 0 Å². The van der Waals surface area contributed by atoms with Gasteiger partial charge in [-0.25, -0.2) is 4.79 Å². The summed E-state index contributed by atoms with van der Waals surface area (Å²) in [4.78, 5) is 20.1. The molecule has 3 heterocycles. The van der Waals surface area contributed by atoms with E-state index in [2.05, 4.69) is 4.90 Å². The van der Waals surface area contributed by atoms with Crippen molar-refractivity contribution >= 4 is 23.3 Å². The lowest BCUT2D eigenvalue weighted by atomic mass is 10.00. The lowest BCUT2D eigenvalue weighted by Crippen LogP contribution is -2.51. The fourth-order valence-electron chi connectivity index (χ4n) is 4.94. The summed E-state index contributed by atoms with van der Waals surface area (Å²) in [6.45, 7) is 4.51. The predicted molar refractivity (Wildman–Crippen MR) is 120 cm³/mol. The van der Waals surface area contributed by atoms with Gasteiger partial charge in [0.1, 0.15) is 5.75 Å². The summed E-state index contributed by atoms with van der Waals surface area (Å²) in [5.41, 5.74) is 1.74. The number of nitrogens with zero attached hydrogens (tertiary/aromatic N) is 3. The molecule has 30 heavy (non-hydrogen) atoms. The van der Waals surface area contributed by atoms with Crippen molar-refractivity contribution in [3.63, 3.8) is 0 Å². The monoisotopic (exact) mass is 425 g/mol. The first-order valence-corrected chi connectivity index (χ1v) is 11.4. The SMILES string of the molecule is O=C(N1CCC(N2CCCCC2)CC1)N1Cc2ccccc2Oc2ccc(Cl)cc21. The molecule has 5 nitrogen and oxygen atoms in total. The number of carbonyl (C=O) groups excluding carboxylic acids is 1. The van der Waals surface area contributed by atoms with Crippen LogP contribution in [-0.2, 0) is 6.54 Å². The number of rotatable bonds is 1. The van der Waals surface area contributed by atoms with Gasteiger partial charge in [-0.1, -0.05) is 36.2 Å². The normalized spacial score (nSPS) is 20.2. The first-order valence-electron chi connectivity index (χ1n) is 11.0. The number of piperidine rings is 2. The Bertz CT molecular complexity index is 920. The maximum Gasteiger partial charge on any atom is 0.324 e. The van der Waals surface area contributed by atoms with E-state index >= 15 is 0 Å². The van der Waals surface area contributed by atoms with Gasteiger partial charge in [-0.2, -0.15) is 0 Å². The molecular weight excluding hydrogens is 398 g/mol. The van der Waals surface area contributed by atoms with Crippen molar-refractivity contribution in [1.29, 1.82) is 0 Å². The smallest absolute Gasteiger partial charge is 0.324 e. The van der Waals surface area contributed by atoms with Gasteiger partial charge in [-0.3, -0.25) is 4.90 Å². The molecule has 2 fully saturated rings. The lowest BCUT2D eigenvalue weighted by molar-refractivity contribution is 0.103. The number of benzene rings is 2. The summed E-state index contributed by atoms with van der Waals surface area (Å²) in [6.07, 6.45) is 6.08. The maximum absolute atomic E-state index is 13.6. The standard InChI is InChI=1S/C24H28ClN3O2/c25-19-8-9-23-21(16-19)28(17-18-6-2-3-7-22(18)30-23)24(29)27-14-10-20(11-15-27)26-12-4-1-5-13-26/h2-3,6-9,16,20H,1,4-5,10-15,17H2. The zero-order chi connectivity index (χ0) is 20.5. The van der Waals surface area contributed by atoms with Crippen molar-refractivity contribution in [2.45, 2.75) is 44.7 Å². The molecule has 0 aromatic heterocycles. The average Bonchev–Trinajstić information content (AvgIpc) is 2.96. The Morgan fingerprint density at radius 2 is 1.70 bits per heavy atom. The van der Waals surface area contributed by atoms with Gasteiger partial charge < -0.3 is 14.5 Å². The van der Waals surface area contributed by atoms with Crippen LogP contribution < -0.4 is 9.64 Å². The number of urea groups is 1. The molecule has 0 aliphatic carbocycles. The van der Waals surface area contributed by atoms with E-state index in [0.29, 0.717) is 23.4 Å². The van der Waals surface area contributed by atoms with Crippen molar-refractivity contribution in [2.75, 3.05) is 31.1 Å². The Labute approximate surface area is 183 Å². The van der Waals surface area contributed by atoms with Crippen LogP contribution in [0.4, 0.5) is 10.5 Å². The van der Waals surface area contributed by atoms with Crippen LogP contribution in [0.3, 0.4) is 0 Å². The third kappa shape index (κ3) is 3.88. The van der Waals surface area contributed by atoms with Gasteiger partial charge in [0.05, 0.1) is 12.2 Å². The van der Waals surface area contributed by atoms with Crippen LogP contribution in [0.5, 0.6) is 11.5 Å². The van der Waals surface area contributed by atoms with E-state index in [1.165, 1.54) is 32.4 Å². The van der Waals surface area contributed by atoms with Crippen molar-refractivity contribution in [2.24, 2.45) is 0 Å². The van der Waals surface area contributed by atoms with Crippen LogP contribution in [0.1, 0.15) is 37.7 Å². The number of ether oxygens (including phenoxy) is 1. The zero-order valence-corrected chi connectivity index (χ0v) is 18.0. The van der Waals surface area contributed by atoms with Crippen LogP contribution in [0.2, 0.25) is 5.02 Å². The van der Waals surface area contributed by atoms with Gasteiger partial charge in [0, 0.05) is 29.7 Å². The summed E-state index contributed by atoms with van der Waals surface area (Å²) in [5.74, 6) is 1.46. The lowest BCUT2D eigenvalue weighted by Gasteiger charge is -2.41. The number of anilines is 1. The molecule has 0 atom stereocenters. The van der Waals surface area contributed by atoms with Gasteiger partial charge in [-0.15, -0.1) is 0 Å². The number of carbonyl (C=O) groups is 1. The molecule has 6 heteroatoms. The minimum absolute atomic E-state index is 0.0379. The fraction of sp³-hybridized carbons (Fsp3) is 0.458. The molecule has 0 saturated carbocycles. The molecular formula is C24H28ClN3O2. The summed E-state index contributed by atoms with van der Waals surface area (Å²) in [7, 11) is 0. The van der Waals surface area contributed by atoms with Crippen molar-refractivity contribution < 1.29 is 9.53 Å². The second kappa shape index (κ2) is 8.48. The molecule has 2 aromatic rings. The Kier molecular flexibility index (Phi) is 5.57. The first-order chi connectivity index (χ1) is 14.7. The average molecular weight is 426 g/mol.